The van der Waals surface area contributed by atoms with Crippen LogP contribution in [-0.2, 0) is 5.41 Å². The van der Waals surface area contributed by atoms with Crippen LogP contribution in [0.25, 0.3) is 44.2 Å². The van der Waals surface area contributed by atoms with E-state index < -0.39 is 0 Å². The predicted molar refractivity (Wildman–Crippen MR) is 218 cm³/mol. The van der Waals surface area contributed by atoms with Crippen LogP contribution >= 0.6 is 0 Å². The van der Waals surface area contributed by atoms with Gasteiger partial charge in [0.15, 0.2) is 0 Å². The second-order valence-electron chi connectivity index (χ2n) is 15.3. The molecule has 0 aromatic heterocycles. The van der Waals surface area contributed by atoms with Gasteiger partial charge >= 0.3 is 0 Å². The van der Waals surface area contributed by atoms with Crippen LogP contribution in [0, 0.1) is 6.92 Å². The van der Waals surface area contributed by atoms with Gasteiger partial charge in [-0.05, 0) is 123 Å². The molecular formula is C50H45N. The van der Waals surface area contributed by atoms with Crippen LogP contribution in [0.1, 0.15) is 74.1 Å². The summed E-state index contributed by atoms with van der Waals surface area (Å²) in [5, 5.41) is 2.48. The first-order valence-corrected chi connectivity index (χ1v) is 18.8. The smallest absolute Gasteiger partial charge is 0.0546 e. The van der Waals surface area contributed by atoms with Crippen LogP contribution in [0.2, 0.25) is 0 Å². The molecule has 7 aromatic carbocycles. The van der Waals surface area contributed by atoms with Crippen LogP contribution < -0.4 is 4.90 Å². The molecule has 51 heavy (non-hydrogen) atoms. The summed E-state index contributed by atoms with van der Waals surface area (Å²) >= 11 is 0. The van der Waals surface area contributed by atoms with Crippen molar-refractivity contribution in [2.24, 2.45) is 0 Å². The number of anilines is 3. The van der Waals surface area contributed by atoms with E-state index in [0.717, 1.165) is 11.6 Å². The third kappa shape index (κ3) is 5.56. The Morgan fingerprint density at radius 3 is 1.88 bits per heavy atom. The summed E-state index contributed by atoms with van der Waals surface area (Å²) in [7, 11) is 0. The molecule has 0 heterocycles. The van der Waals surface area contributed by atoms with Gasteiger partial charge in [-0.15, -0.1) is 0 Å². The highest BCUT2D eigenvalue weighted by Gasteiger charge is 2.37. The van der Waals surface area contributed by atoms with Crippen molar-refractivity contribution in [1.82, 2.24) is 0 Å². The van der Waals surface area contributed by atoms with Crippen LogP contribution in [0.3, 0.4) is 0 Å². The molecule has 0 unspecified atom stereocenters. The van der Waals surface area contributed by atoms with Gasteiger partial charge in [-0.2, -0.15) is 0 Å². The molecule has 1 fully saturated rings. The van der Waals surface area contributed by atoms with Gasteiger partial charge in [0.05, 0.1) is 5.69 Å². The maximum atomic E-state index is 2.48. The van der Waals surface area contributed by atoms with Crippen molar-refractivity contribution in [3.63, 3.8) is 0 Å². The van der Waals surface area contributed by atoms with Crippen LogP contribution in [0.4, 0.5) is 17.1 Å². The summed E-state index contributed by atoms with van der Waals surface area (Å²) in [6, 6.07) is 56.9. The summed E-state index contributed by atoms with van der Waals surface area (Å²) in [5.41, 5.74) is 16.7. The Morgan fingerprint density at radius 1 is 0.510 bits per heavy atom. The minimum absolute atomic E-state index is 0.0995. The zero-order chi connectivity index (χ0) is 34.5. The van der Waals surface area contributed by atoms with Crippen LogP contribution in [0.5, 0.6) is 0 Å². The van der Waals surface area contributed by atoms with Crippen molar-refractivity contribution in [2.75, 3.05) is 4.90 Å². The first kappa shape index (κ1) is 31.6. The topological polar surface area (TPSA) is 3.24 Å². The molecule has 1 saturated carbocycles. The summed E-state index contributed by atoms with van der Waals surface area (Å²) in [5.74, 6) is 0.721. The van der Waals surface area contributed by atoms with E-state index >= 15 is 0 Å². The normalized spacial score (nSPS) is 15.0. The van der Waals surface area contributed by atoms with Crippen molar-refractivity contribution < 1.29 is 0 Å². The molecule has 0 radical (unpaired) electrons. The van der Waals surface area contributed by atoms with Crippen molar-refractivity contribution in [2.45, 2.75) is 64.2 Å². The quantitative estimate of drug-likeness (QED) is 0.172. The summed E-state index contributed by atoms with van der Waals surface area (Å²) in [6.07, 6.45) is 6.77. The van der Waals surface area contributed by atoms with E-state index in [1.54, 1.807) is 0 Å². The number of nitrogens with zero attached hydrogens (tertiary/aromatic N) is 1. The van der Waals surface area contributed by atoms with E-state index in [2.05, 4.69) is 177 Å². The monoisotopic (exact) mass is 659 g/mol. The number of rotatable bonds is 6. The van der Waals surface area contributed by atoms with Crippen molar-refractivity contribution in [3.8, 4) is 33.4 Å². The molecule has 0 spiro atoms. The lowest BCUT2D eigenvalue weighted by molar-refractivity contribution is 0.443. The first-order chi connectivity index (χ1) is 25.0. The van der Waals surface area contributed by atoms with Crippen LogP contribution in [0.15, 0.2) is 152 Å². The highest BCUT2D eigenvalue weighted by molar-refractivity contribution is 5.99. The molecule has 2 aliphatic rings. The molecule has 250 valence electrons. The van der Waals surface area contributed by atoms with Crippen molar-refractivity contribution >= 4 is 27.8 Å². The average Bonchev–Trinajstić information content (AvgIpc) is 3.42. The maximum Gasteiger partial charge on any atom is 0.0546 e. The van der Waals surface area contributed by atoms with Gasteiger partial charge in [0.2, 0.25) is 0 Å². The van der Waals surface area contributed by atoms with Crippen molar-refractivity contribution in [3.05, 3.63) is 174 Å². The van der Waals surface area contributed by atoms with Gasteiger partial charge in [-0.1, -0.05) is 148 Å². The fourth-order valence-corrected chi connectivity index (χ4v) is 8.97. The van der Waals surface area contributed by atoms with Gasteiger partial charge in [0.25, 0.3) is 0 Å². The zero-order valence-electron chi connectivity index (χ0n) is 30.0. The van der Waals surface area contributed by atoms with Gasteiger partial charge in [0.1, 0.15) is 0 Å². The predicted octanol–water partition coefficient (Wildman–Crippen LogP) is 14.3. The molecule has 0 aliphatic heterocycles. The Hall–Kier alpha value is -5.40. The van der Waals surface area contributed by atoms with Gasteiger partial charge in [-0.25, -0.2) is 0 Å². The Labute approximate surface area is 303 Å². The Bertz CT molecular complexity index is 2360. The third-order valence-electron chi connectivity index (χ3n) is 11.8. The van der Waals surface area contributed by atoms with E-state index in [0.29, 0.717) is 0 Å². The Morgan fingerprint density at radius 2 is 1.16 bits per heavy atom. The second kappa shape index (κ2) is 12.7. The molecule has 0 amide bonds. The molecule has 0 saturated heterocycles. The van der Waals surface area contributed by atoms with E-state index in [1.165, 1.54) is 110 Å². The highest BCUT2D eigenvalue weighted by atomic mass is 15.1. The maximum absolute atomic E-state index is 2.48. The minimum atomic E-state index is -0.0995. The lowest BCUT2D eigenvalue weighted by Crippen LogP contribution is -2.17. The average molecular weight is 660 g/mol. The van der Waals surface area contributed by atoms with E-state index in [1.807, 2.05) is 0 Å². The molecule has 7 aromatic rings. The largest absolute Gasteiger partial charge is 0.310 e. The van der Waals surface area contributed by atoms with E-state index in [9.17, 15) is 0 Å². The Kier molecular flexibility index (Phi) is 7.88. The molecule has 0 N–H and O–H groups in total. The summed E-state index contributed by atoms with van der Waals surface area (Å²) in [4.78, 5) is 2.48. The zero-order valence-corrected chi connectivity index (χ0v) is 30.0. The molecule has 9 rings (SSSR count). The fraction of sp³-hybridized carbons (Fsp3) is 0.200. The van der Waals surface area contributed by atoms with Gasteiger partial charge in [-0.3, -0.25) is 0 Å². The number of benzene rings is 7. The molecule has 0 atom stereocenters. The lowest BCUT2D eigenvalue weighted by atomic mass is 9.82. The van der Waals surface area contributed by atoms with Crippen LogP contribution in [-0.4, -0.2) is 0 Å². The standard InChI is InChI=1S/C50H45N/c1-34-13-12-20-46-49(34)44-30-29-43(33-47(44)50(46,2)3)51(48-32-41-19-11-10-18-40(41)31-45(48)39-16-8-5-9-17-39)42-27-25-38(26-28-42)37-23-21-36(22-24-37)35-14-6-4-7-15-35/h5,8-13,16-33,35H,4,6-7,14-15H2,1-3H3. The number of hydrogen-bond donors (Lipinski definition) is 0. The second-order valence-corrected chi connectivity index (χ2v) is 15.3. The SMILES string of the molecule is Cc1cccc2c1-c1ccc(N(c3ccc(-c4ccc(C5CCCCC5)cc4)cc3)c3cc4ccccc4cc3-c3ccccc3)cc1C2(C)C. The Balaban J connectivity index is 1.19. The molecular weight excluding hydrogens is 615 g/mol. The lowest BCUT2D eigenvalue weighted by Gasteiger charge is -2.30. The first-order valence-electron chi connectivity index (χ1n) is 18.8. The molecule has 1 heteroatoms. The number of hydrogen-bond acceptors (Lipinski definition) is 1. The number of fused-ring (bicyclic) bond motifs is 4. The van der Waals surface area contributed by atoms with Crippen molar-refractivity contribution in [1.29, 1.82) is 0 Å². The van der Waals surface area contributed by atoms with E-state index in [-0.39, 0.29) is 5.41 Å². The molecule has 1 nitrogen and oxygen atoms in total. The van der Waals surface area contributed by atoms with Gasteiger partial charge < -0.3 is 4.90 Å². The third-order valence-corrected chi connectivity index (χ3v) is 11.8. The fourth-order valence-electron chi connectivity index (χ4n) is 8.97. The highest BCUT2D eigenvalue weighted by Crippen LogP contribution is 2.52. The summed E-state index contributed by atoms with van der Waals surface area (Å²) in [6.45, 7) is 7.01. The summed E-state index contributed by atoms with van der Waals surface area (Å²) < 4.78 is 0. The van der Waals surface area contributed by atoms with E-state index in [4.69, 9.17) is 0 Å². The molecule has 0 bridgehead atoms. The van der Waals surface area contributed by atoms with Gasteiger partial charge in [0, 0.05) is 22.4 Å². The molecule has 2 aliphatic carbocycles. The number of aryl methyl sites for hydroxylation is 1. The minimum Gasteiger partial charge on any atom is -0.310 e.